The molecular formula is C13H14ClN3O. The van der Waals surface area contributed by atoms with E-state index in [0.29, 0.717) is 16.5 Å². The molecule has 2 aromatic rings. The van der Waals surface area contributed by atoms with Crippen LogP contribution in [-0.2, 0) is 0 Å². The Morgan fingerprint density at radius 2 is 2.06 bits per heavy atom. The number of aromatic nitrogens is 1. The zero-order valence-corrected chi connectivity index (χ0v) is 10.4. The molecule has 0 radical (unpaired) electrons. The maximum atomic E-state index is 9.43. The van der Waals surface area contributed by atoms with Crippen LogP contribution in [-0.4, -0.2) is 16.7 Å². The van der Waals surface area contributed by atoms with E-state index in [2.05, 4.69) is 10.3 Å². The van der Waals surface area contributed by atoms with Crippen molar-refractivity contribution < 1.29 is 5.11 Å². The van der Waals surface area contributed by atoms with E-state index in [9.17, 15) is 5.11 Å². The lowest BCUT2D eigenvalue weighted by Gasteiger charge is -2.18. The minimum Gasteiger partial charge on any atom is -0.397 e. The highest BCUT2D eigenvalue weighted by Crippen LogP contribution is 2.25. The fourth-order valence-corrected chi connectivity index (χ4v) is 1.87. The Hall–Kier alpha value is -1.78. The van der Waals surface area contributed by atoms with Crippen molar-refractivity contribution in [1.29, 1.82) is 0 Å². The average Bonchev–Trinajstić information content (AvgIpc) is 2.39. The van der Waals surface area contributed by atoms with Crippen LogP contribution < -0.4 is 11.1 Å². The summed E-state index contributed by atoms with van der Waals surface area (Å²) >= 11 is 6.03. The van der Waals surface area contributed by atoms with Gasteiger partial charge in [0.25, 0.3) is 0 Å². The number of aliphatic hydroxyl groups is 1. The normalized spacial score (nSPS) is 12.1. The van der Waals surface area contributed by atoms with Crippen LogP contribution in [0.3, 0.4) is 0 Å². The van der Waals surface area contributed by atoms with Gasteiger partial charge in [-0.2, -0.15) is 0 Å². The van der Waals surface area contributed by atoms with Crippen molar-refractivity contribution >= 4 is 23.1 Å². The average molecular weight is 264 g/mol. The molecule has 0 saturated heterocycles. The lowest BCUT2D eigenvalue weighted by atomic mass is 10.1. The first-order valence-electron chi connectivity index (χ1n) is 5.54. The Morgan fingerprint density at radius 3 is 2.67 bits per heavy atom. The van der Waals surface area contributed by atoms with Crippen molar-refractivity contribution in [1.82, 2.24) is 4.98 Å². The quantitative estimate of drug-likeness (QED) is 0.792. The summed E-state index contributed by atoms with van der Waals surface area (Å²) in [7, 11) is 0. The first kappa shape index (κ1) is 12.7. The topological polar surface area (TPSA) is 71.2 Å². The molecular weight excluding hydrogens is 250 g/mol. The van der Waals surface area contributed by atoms with Crippen LogP contribution >= 0.6 is 11.6 Å². The molecule has 1 heterocycles. The zero-order chi connectivity index (χ0) is 13.0. The smallest absolute Gasteiger partial charge is 0.145 e. The lowest BCUT2D eigenvalue weighted by molar-refractivity contribution is 0.276. The number of halogens is 1. The highest BCUT2D eigenvalue weighted by molar-refractivity contribution is 6.33. The van der Waals surface area contributed by atoms with Crippen LogP contribution in [0.2, 0.25) is 5.02 Å². The zero-order valence-electron chi connectivity index (χ0n) is 9.68. The molecule has 1 atom stereocenters. The molecule has 0 fully saturated rings. The van der Waals surface area contributed by atoms with E-state index in [0.717, 1.165) is 5.56 Å². The number of nitrogens with two attached hydrogens (primary N) is 1. The Bertz CT molecular complexity index is 519. The number of nitrogens with zero attached hydrogens (tertiary/aromatic N) is 1. The van der Waals surface area contributed by atoms with Gasteiger partial charge in [0.1, 0.15) is 5.82 Å². The summed E-state index contributed by atoms with van der Waals surface area (Å²) in [6.45, 7) is -0.0492. The number of rotatable bonds is 4. The van der Waals surface area contributed by atoms with E-state index in [1.165, 1.54) is 6.20 Å². The van der Waals surface area contributed by atoms with Crippen molar-refractivity contribution in [2.24, 2.45) is 0 Å². The van der Waals surface area contributed by atoms with Gasteiger partial charge in [-0.3, -0.25) is 0 Å². The van der Waals surface area contributed by atoms with Crippen LogP contribution in [0.5, 0.6) is 0 Å². The summed E-state index contributed by atoms with van der Waals surface area (Å²) in [5.41, 5.74) is 7.05. The summed E-state index contributed by atoms with van der Waals surface area (Å²) in [5.74, 6) is 0.508. The summed E-state index contributed by atoms with van der Waals surface area (Å²) < 4.78 is 0. The number of hydrogen-bond acceptors (Lipinski definition) is 4. The van der Waals surface area contributed by atoms with Crippen molar-refractivity contribution in [3.8, 4) is 0 Å². The number of anilines is 2. The van der Waals surface area contributed by atoms with Gasteiger partial charge in [-0.15, -0.1) is 0 Å². The molecule has 0 aliphatic heterocycles. The van der Waals surface area contributed by atoms with Crippen LogP contribution in [0.25, 0.3) is 0 Å². The highest BCUT2D eigenvalue weighted by atomic mass is 35.5. The van der Waals surface area contributed by atoms with Gasteiger partial charge in [0.2, 0.25) is 0 Å². The molecule has 94 valence electrons. The molecule has 0 aliphatic carbocycles. The summed E-state index contributed by atoms with van der Waals surface area (Å²) in [4.78, 5) is 4.11. The first-order chi connectivity index (χ1) is 8.70. The van der Waals surface area contributed by atoms with Crippen molar-refractivity contribution in [3.05, 3.63) is 53.2 Å². The molecule has 0 spiro atoms. The Kier molecular flexibility index (Phi) is 4.02. The van der Waals surface area contributed by atoms with Gasteiger partial charge in [0, 0.05) is 0 Å². The van der Waals surface area contributed by atoms with Crippen LogP contribution in [0.15, 0.2) is 42.6 Å². The van der Waals surface area contributed by atoms with Crippen LogP contribution in [0.1, 0.15) is 11.6 Å². The molecule has 0 saturated carbocycles. The summed E-state index contributed by atoms with van der Waals surface area (Å²) in [6.07, 6.45) is 1.52. The molecule has 4 nitrogen and oxygen atoms in total. The maximum Gasteiger partial charge on any atom is 0.145 e. The van der Waals surface area contributed by atoms with Gasteiger partial charge in [0.15, 0.2) is 0 Å². The SMILES string of the molecule is Nc1cnc(NC(CO)c2ccccc2)c(Cl)c1. The van der Waals surface area contributed by atoms with Crippen molar-refractivity contribution in [2.45, 2.75) is 6.04 Å². The summed E-state index contributed by atoms with van der Waals surface area (Å²) in [5, 5.41) is 13.0. The standard InChI is InChI=1S/C13H14ClN3O/c14-11-6-10(15)7-16-13(11)17-12(8-18)9-4-2-1-3-5-9/h1-7,12,18H,8,15H2,(H,16,17). The lowest BCUT2D eigenvalue weighted by Crippen LogP contribution is -2.15. The van der Waals surface area contributed by atoms with Gasteiger partial charge in [-0.05, 0) is 11.6 Å². The number of nitrogen functional groups attached to an aromatic ring is 1. The summed E-state index contributed by atoms with van der Waals surface area (Å²) in [6, 6.07) is 11.0. The second-order valence-electron chi connectivity index (χ2n) is 3.89. The predicted octanol–water partition coefficient (Wildman–Crippen LogP) is 2.46. The highest BCUT2D eigenvalue weighted by Gasteiger charge is 2.12. The molecule has 2 rings (SSSR count). The molecule has 1 unspecified atom stereocenters. The minimum absolute atomic E-state index is 0.0492. The van der Waals surface area contributed by atoms with Gasteiger partial charge >= 0.3 is 0 Å². The third kappa shape index (κ3) is 2.91. The number of nitrogens with one attached hydrogen (secondary N) is 1. The van der Waals surface area contributed by atoms with E-state index in [4.69, 9.17) is 17.3 Å². The van der Waals surface area contributed by atoms with Crippen LogP contribution in [0.4, 0.5) is 11.5 Å². The van der Waals surface area contributed by atoms with Gasteiger partial charge in [-0.1, -0.05) is 41.9 Å². The third-order valence-corrected chi connectivity index (χ3v) is 2.85. The van der Waals surface area contributed by atoms with Gasteiger partial charge < -0.3 is 16.2 Å². The van der Waals surface area contributed by atoms with E-state index < -0.39 is 0 Å². The number of aliphatic hydroxyl groups excluding tert-OH is 1. The Labute approximate surface area is 110 Å². The molecule has 1 aromatic carbocycles. The minimum atomic E-state index is -0.250. The molecule has 0 bridgehead atoms. The monoisotopic (exact) mass is 263 g/mol. The molecule has 1 aromatic heterocycles. The molecule has 0 amide bonds. The van der Waals surface area contributed by atoms with Crippen molar-refractivity contribution in [3.63, 3.8) is 0 Å². The number of benzene rings is 1. The molecule has 4 N–H and O–H groups in total. The van der Waals surface area contributed by atoms with E-state index >= 15 is 0 Å². The fraction of sp³-hybridized carbons (Fsp3) is 0.154. The Balaban J connectivity index is 2.21. The number of hydrogen-bond donors (Lipinski definition) is 3. The van der Waals surface area contributed by atoms with E-state index in [-0.39, 0.29) is 12.6 Å². The molecule has 18 heavy (non-hydrogen) atoms. The van der Waals surface area contributed by atoms with Gasteiger partial charge in [0.05, 0.1) is 29.6 Å². The molecule has 5 heteroatoms. The Morgan fingerprint density at radius 1 is 1.33 bits per heavy atom. The first-order valence-corrected chi connectivity index (χ1v) is 5.92. The van der Waals surface area contributed by atoms with Gasteiger partial charge in [-0.25, -0.2) is 4.98 Å². The van der Waals surface area contributed by atoms with Crippen molar-refractivity contribution in [2.75, 3.05) is 17.7 Å². The second kappa shape index (κ2) is 5.71. The largest absolute Gasteiger partial charge is 0.397 e. The fourth-order valence-electron chi connectivity index (χ4n) is 1.64. The third-order valence-electron chi connectivity index (χ3n) is 2.56. The van der Waals surface area contributed by atoms with Crippen LogP contribution in [0, 0.1) is 0 Å². The molecule has 0 aliphatic rings. The van der Waals surface area contributed by atoms with E-state index in [1.54, 1.807) is 6.07 Å². The maximum absolute atomic E-state index is 9.43. The predicted molar refractivity (Wildman–Crippen MR) is 73.6 cm³/mol. The number of pyridine rings is 1. The second-order valence-corrected chi connectivity index (χ2v) is 4.30. The van der Waals surface area contributed by atoms with E-state index in [1.807, 2.05) is 30.3 Å².